The molecule has 1 aromatic rings. The van der Waals surface area contributed by atoms with E-state index in [0.717, 1.165) is 0 Å². The summed E-state index contributed by atoms with van der Waals surface area (Å²) >= 11 is 0. The van der Waals surface area contributed by atoms with Gasteiger partial charge in [0.05, 0.1) is 24.5 Å². The number of carboxylic acids is 1. The number of hydrogen-bond donors (Lipinski definition) is 2. The summed E-state index contributed by atoms with van der Waals surface area (Å²) in [5, 5.41) is 11.2. The van der Waals surface area contributed by atoms with Crippen molar-refractivity contribution in [3.63, 3.8) is 0 Å². The summed E-state index contributed by atoms with van der Waals surface area (Å²) in [6.45, 7) is 1.43. The number of morpholine rings is 1. The number of amides is 2. The van der Waals surface area contributed by atoms with Crippen LogP contribution in [0.1, 0.15) is 10.4 Å². The van der Waals surface area contributed by atoms with Gasteiger partial charge in [-0.2, -0.15) is 0 Å². The number of nitrogens with zero attached hydrogens (tertiary/aromatic N) is 1. The highest BCUT2D eigenvalue weighted by Crippen LogP contribution is 2.20. The Morgan fingerprint density at radius 1 is 1.20 bits per heavy atom. The van der Waals surface area contributed by atoms with E-state index >= 15 is 0 Å². The first-order valence-corrected chi connectivity index (χ1v) is 5.85. The fraction of sp³-hybridized carbons (Fsp3) is 0.333. The molecule has 0 aromatic heterocycles. The number of carbonyl (C=O) groups is 2. The van der Waals surface area contributed by atoms with Crippen molar-refractivity contribution in [2.45, 2.75) is 0 Å². The highest BCUT2D eigenvalue weighted by molar-refractivity contribution is 6.00. The Kier molecular flexibility index (Phi) is 4.14. The summed E-state index contributed by atoms with van der Waals surface area (Å²) < 4.78 is 31.3. The van der Waals surface area contributed by atoms with Crippen LogP contribution in [0.5, 0.6) is 0 Å². The SMILES string of the molecule is O=C(O)c1cc(F)c(F)cc1NC(=O)N1CCOCC1. The van der Waals surface area contributed by atoms with Crippen molar-refractivity contribution in [1.82, 2.24) is 4.90 Å². The van der Waals surface area contributed by atoms with E-state index in [1.165, 1.54) is 4.90 Å². The second-order valence-electron chi connectivity index (χ2n) is 4.15. The molecule has 2 amide bonds. The quantitative estimate of drug-likeness (QED) is 0.864. The lowest BCUT2D eigenvalue weighted by Gasteiger charge is -2.27. The number of halogens is 2. The number of carbonyl (C=O) groups excluding carboxylic acids is 1. The monoisotopic (exact) mass is 286 g/mol. The lowest BCUT2D eigenvalue weighted by atomic mass is 10.1. The van der Waals surface area contributed by atoms with E-state index in [0.29, 0.717) is 38.4 Å². The second-order valence-corrected chi connectivity index (χ2v) is 4.15. The van der Waals surface area contributed by atoms with Crippen LogP contribution >= 0.6 is 0 Å². The van der Waals surface area contributed by atoms with E-state index in [1.807, 2.05) is 0 Å². The van der Waals surface area contributed by atoms with Crippen molar-refractivity contribution in [1.29, 1.82) is 0 Å². The molecule has 1 aliphatic rings. The zero-order chi connectivity index (χ0) is 14.7. The number of aromatic carboxylic acids is 1. The molecule has 6 nitrogen and oxygen atoms in total. The van der Waals surface area contributed by atoms with Crippen LogP contribution in [0.3, 0.4) is 0 Å². The molecule has 0 radical (unpaired) electrons. The van der Waals surface area contributed by atoms with Crippen LogP contribution in [-0.4, -0.2) is 48.3 Å². The summed E-state index contributed by atoms with van der Waals surface area (Å²) in [4.78, 5) is 24.3. The van der Waals surface area contributed by atoms with E-state index in [2.05, 4.69) is 5.32 Å². The molecule has 2 rings (SSSR count). The van der Waals surface area contributed by atoms with Crippen LogP contribution in [0.2, 0.25) is 0 Å². The maximum atomic E-state index is 13.2. The minimum atomic E-state index is -1.46. The van der Waals surface area contributed by atoms with Crippen LogP contribution in [0, 0.1) is 11.6 Å². The van der Waals surface area contributed by atoms with Crippen LogP contribution in [-0.2, 0) is 4.74 Å². The van der Waals surface area contributed by atoms with Crippen LogP contribution in [0.25, 0.3) is 0 Å². The molecule has 0 spiro atoms. The van der Waals surface area contributed by atoms with E-state index in [-0.39, 0.29) is 5.69 Å². The Bertz CT molecular complexity index is 545. The molecule has 0 aliphatic carbocycles. The molecule has 1 heterocycles. The summed E-state index contributed by atoms with van der Waals surface area (Å²) in [7, 11) is 0. The maximum Gasteiger partial charge on any atom is 0.337 e. The normalized spacial score (nSPS) is 15.0. The molecule has 1 saturated heterocycles. The van der Waals surface area contributed by atoms with Crippen molar-refractivity contribution >= 4 is 17.7 Å². The molecule has 0 unspecified atom stereocenters. The van der Waals surface area contributed by atoms with Crippen molar-refractivity contribution in [2.24, 2.45) is 0 Å². The van der Waals surface area contributed by atoms with Gasteiger partial charge in [-0.15, -0.1) is 0 Å². The first kappa shape index (κ1) is 14.2. The zero-order valence-corrected chi connectivity index (χ0v) is 10.4. The molecular formula is C12H12F2N2O4. The Labute approximate surface area is 112 Å². The third-order valence-corrected chi connectivity index (χ3v) is 2.83. The largest absolute Gasteiger partial charge is 0.478 e. The highest BCUT2D eigenvalue weighted by atomic mass is 19.2. The van der Waals surface area contributed by atoms with Gasteiger partial charge in [-0.05, 0) is 6.07 Å². The molecule has 0 atom stereocenters. The maximum absolute atomic E-state index is 13.2. The lowest BCUT2D eigenvalue weighted by molar-refractivity contribution is 0.0564. The molecule has 0 saturated carbocycles. The number of nitrogens with one attached hydrogen (secondary N) is 1. The summed E-state index contributed by atoms with van der Waals surface area (Å²) in [6.07, 6.45) is 0. The Morgan fingerprint density at radius 3 is 2.40 bits per heavy atom. The Balaban J connectivity index is 2.21. The fourth-order valence-electron chi connectivity index (χ4n) is 1.79. The lowest BCUT2D eigenvalue weighted by Crippen LogP contribution is -2.43. The van der Waals surface area contributed by atoms with Gasteiger partial charge in [-0.25, -0.2) is 18.4 Å². The molecule has 20 heavy (non-hydrogen) atoms. The third kappa shape index (κ3) is 3.02. The van der Waals surface area contributed by atoms with E-state index in [4.69, 9.17) is 9.84 Å². The van der Waals surface area contributed by atoms with Gasteiger partial charge in [0.2, 0.25) is 0 Å². The minimum Gasteiger partial charge on any atom is -0.478 e. The molecule has 1 aromatic carbocycles. The highest BCUT2D eigenvalue weighted by Gasteiger charge is 2.21. The number of urea groups is 1. The second kappa shape index (κ2) is 5.83. The smallest absolute Gasteiger partial charge is 0.337 e. The van der Waals surface area contributed by atoms with Crippen LogP contribution in [0.4, 0.5) is 19.3 Å². The van der Waals surface area contributed by atoms with E-state index < -0.39 is 29.2 Å². The van der Waals surface area contributed by atoms with Crippen LogP contribution < -0.4 is 5.32 Å². The average Bonchev–Trinajstić information content (AvgIpc) is 2.43. The summed E-state index contributed by atoms with van der Waals surface area (Å²) in [5.41, 5.74) is -0.793. The van der Waals surface area contributed by atoms with Crippen LogP contribution in [0.15, 0.2) is 12.1 Å². The van der Waals surface area contributed by atoms with Crippen molar-refractivity contribution in [3.8, 4) is 0 Å². The number of anilines is 1. The number of carboxylic acid groups (broad SMARTS) is 1. The van der Waals surface area contributed by atoms with Gasteiger partial charge in [0, 0.05) is 19.2 Å². The van der Waals surface area contributed by atoms with Gasteiger partial charge < -0.3 is 20.1 Å². The molecule has 0 bridgehead atoms. The van der Waals surface area contributed by atoms with Crippen molar-refractivity contribution in [3.05, 3.63) is 29.3 Å². The minimum absolute atomic E-state index is 0.284. The van der Waals surface area contributed by atoms with E-state index in [1.54, 1.807) is 0 Å². The number of hydrogen-bond acceptors (Lipinski definition) is 3. The van der Waals surface area contributed by atoms with Gasteiger partial charge in [-0.1, -0.05) is 0 Å². The van der Waals surface area contributed by atoms with Gasteiger partial charge in [0.25, 0.3) is 0 Å². The first-order valence-electron chi connectivity index (χ1n) is 5.85. The van der Waals surface area contributed by atoms with Crippen molar-refractivity contribution < 1.29 is 28.2 Å². The molecule has 8 heteroatoms. The molecule has 1 aliphatic heterocycles. The zero-order valence-electron chi connectivity index (χ0n) is 10.4. The number of benzene rings is 1. The predicted molar refractivity (Wildman–Crippen MR) is 64.7 cm³/mol. The van der Waals surface area contributed by atoms with E-state index in [9.17, 15) is 18.4 Å². The topological polar surface area (TPSA) is 78.9 Å². The average molecular weight is 286 g/mol. The third-order valence-electron chi connectivity index (χ3n) is 2.83. The number of ether oxygens (including phenoxy) is 1. The Hall–Kier alpha value is -2.22. The molecular weight excluding hydrogens is 274 g/mol. The molecule has 108 valence electrons. The van der Waals surface area contributed by atoms with Gasteiger partial charge >= 0.3 is 12.0 Å². The standard InChI is InChI=1S/C12H12F2N2O4/c13-8-5-7(11(17)18)10(6-9(8)14)15-12(19)16-1-3-20-4-2-16/h5-6H,1-4H2,(H,15,19)(H,17,18). The van der Waals surface area contributed by atoms with Crippen molar-refractivity contribution in [2.75, 3.05) is 31.6 Å². The van der Waals surface area contributed by atoms with Gasteiger partial charge in [0.1, 0.15) is 0 Å². The summed E-state index contributed by atoms with van der Waals surface area (Å²) in [5.74, 6) is -3.97. The molecule has 1 fully saturated rings. The van der Waals surface area contributed by atoms with Gasteiger partial charge in [-0.3, -0.25) is 0 Å². The Morgan fingerprint density at radius 2 is 1.80 bits per heavy atom. The fourth-order valence-corrected chi connectivity index (χ4v) is 1.79. The number of rotatable bonds is 2. The molecule has 2 N–H and O–H groups in total. The van der Waals surface area contributed by atoms with Gasteiger partial charge in [0.15, 0.2) is 11.6 Å². The summed E-state index contributed by atoms with van der Waals surface area (Å²) in [6, 6.07) is 0.603. The first-order chi connectivity index (χ1) is 9.49. The predicted octanol–water partition coefficient (Wildman–Crippen LogP) is 1.53.